The van der Waals surface area contributed by atoms with Gasteiger partial charge in [0.15, 0.2) is 12.0 Å². The van der Waals surface area contributed by atoms with Gasteiger partial charge < -0.3 is 50.4 Å². The molecule has 6 atom stereocenters. The van der Waals surface area contributed by atoms with Crippen LogP contribution in [0.25, 0.3) is 11.3 Å². The molecule has 2 unspecified atom stereocenters. The molecule has 1 fully saturated rings. The van der Waals surface area contributed by atoms with Crippen molar-refractivity contribution in [2.75, 3.05) is 17.2 Å². The van der Waals surface area contributed by atoms with E-state index in [1.165, 1.54) is 4.90 Å². The number of benzene rings is 1. The van der Waals surface area contributed by atoms with Gasteiger partial charge in [0.25, 0.3) is 5.56 Å². The van der Waals surface area contributed by atoms with Gasteiger partial charge in [0.1, 0.15) is 18.3 Å². The highest BCUT2D eigenvalue weighted by molar-refractivity contribution is 7.65. The molecule has 226 valence electrons. The predicted octanol–water partition coefficient (Wildman–Crippen LogP) is -0.588. The van der Waals surface area contributed by atoms with Crippen LogP contribution in [0.2, 0.25) is 0 Å². The zero-order chi connectivity index (χ0) is 30.4. The Labute approximate surface area is 237 Å². The minimum Gasteiger partial charge on any atom is -0.493 e. The molecule has 2 aromatic heterocycles. The lowest BCUT2D eigenvalue weighted by atomic mass is 10.1. The molecule has 1 saturated heterocycles. The molecule has 17 nitrogen and oxygen atoms in total. The van der Waals surface area contributed by atoms with Crippen LogP contribution in [0.15, 0.2) is 47.3 Å². The third kappa shape index (κ3) is 6.52. The van der Waals surface area contributed by atoms with Crippen molar-refractivity contribution >= 4 is 46.2 Å². The van der Waals surface area contributed by atoms with E-state index in [1.807, 2.05) is 30.3 Å². The fourth-order valence-corrected chi connectivity index (χ4v) is 8.71. The van der Waals surface area contributed by atoms with Gasteiger partial charge in [0.05, 0.1) is 11.9 Å². The molecule has 3 aromatic rings. The molecule has 2 aliphatic heterocycles. The van der Waals surface area contributed by atoms with Gasteiger partial charge in [-0.2, -0.15) is 14.3 Å². The molecule has 0 amide bonds. The number of hydrogen-bond donors (Lipinski definition) is 8. The number of fused-ring (bicyclic) bond motifs is 1. The number of H-pyrrole nitrogens is 1. The number of phosphoric ester groups is 1. The van der Waals surface area contributed by atoms with Gasteiger partial charge in [0.2, 0.25) is 11.8 Å². The topological polar surface area (TPSA) is 271 Å². The summed E-state index contributed by atoms with van der Waals surface area (Å²) in [6, 6.07) is 12.6. The van der Waals surface area contributed by atoms with Gasteiger partial charge >= 0.3 is 15.6 Å². The minimum absolute atomic E-state index is 0.0571. The molecule has 0 bridgehead atoms. The van der Waals surface area contributed by atoms with Crippen molar-refractivity contribution < 1.29 is 52.7 Å². The second kappa shape index (κ2) is 11.6. The Balaban J connectivity index is 1.41. The van der Waals surface area contributed by atoms with Crippen LogP contribution in [0.3, 0.4) is 0 Å². The Morgan fingerprint density at radius 3 is 2.45 bits per heavy atom. The SMILES string of the molecule is Nc1nc(O)c2c(n1)N([C@@H]1O[C@H](COP(=O)(O)OP(=O)(O)O)[C@@H](O)[C@H]1O)C=[PH]2Cc1ccc(-c2ccccc2)[nH]c1=O. The molecule has 42 heavy (non-hydrogen) atoms. The number of anilines is 2. The number of aromatic nitrogens is 3. The first kappa shape index (κ1) is 30.5. The summed E-state index contributed by atoms with van der Waals surface area (Å²) in [5, 5.41) is 32.2. The summed E-state index contributed by atoms with van der Waals surface area (Å²) in [4.78, 5) is 52.2. The van der Waals surface area contributed by atoms with Gasteiger partial charge in [0, 0.05) is 23.3 Å². The fourth-order valence-electron chi connectivity index (χ4n) is 4.61. The highest BCUT2D eigenvalue weighted by Crippen LogP contribution is 2.57. The summed E-state index contributed by atoms with van der Waals surface area (Å²) in [7, 11) is -12.6. The normalized spacial score (nSPS) is 25.2. The van der Waals surface area contributed by atoms with E-state index >= 15 is 0 Å². The molecule has 5 rings (SSSR count). The van der Waals surface area contributed by atoms with Gasteiger partial charge in [-0.05, 0) is 11.6 Å². The van der Waals surface area contributed by atoms with Crippen LogP contribution in [-0.4, -0.2) is 82.0 Å². The number of hydrogen-bond acceptors (Lipinski definition) is 13. The summed E-state index contributed by atoms with van der Waals surface area (Å²) >= 11 is 0. The number of phosphoric acid groups is 2. The van der Waals surface area contributed by atoms with Crippen molar-refractivity contribution in [3.8, 4) is 17.1 Å². The summed E-state index contributed by atoms with van der Waals surface area (Å²) in [6.07, 6.45) is -6.02. The predicted molar refractivity (Wildman–Crippen MR) is 150 cm³/mol. The molecule has 0 saturated carbocycles. The van der Waals surface area contributed by atoms with Crippen LogP contribution in [0.1, 0.15) is 5.56 Å². The lowest BCUT2D eigenvalue weighted by molar-refractivity contribution is -0.0186. The van der Waals surface area contributed by atoms with E-state index in [4.69, 9.17) is 20.3 Å². The number of nitrogens with two attached hydrogens (primary N) is 1. The number of nitrogens with zero attached hydrogens (tertiary/aromatic N) is 3. The molecule has 0 aliphatic carbocycles. The second-order valence-electron chi connectivity index (χ2n) is 9.32. The van der Waals surface area contributed by atoms with Crippen LogP contribution in [0.4, 0.5) is 11.8 Å². The quantitative estimate of drug-likeness (QED) is 0.135. The van der Waals surface area contributed by atoms with E-state index in [1.54, 1.807) is 18.1 Å². The molecular formula is C22H26N5O12P3. The molecular weight excluding hydrogens is 619 g/mol. The number of aromatic amines is 1. The Kier molecular flexibility index (Phi) is 8.47. The monoisotopic (exact) mass is 645 g/mol. The summed E-state index contributed by atoms with van der Waals surface area (Å²) in [5.74, 6) is 0.903. The van der Waals surface area contributed by atoms with Crippen molar-refractivity contribution in [3.63, 3.8) is 0 Å². The van der Waals surface area contributed by atoms with Crippen molar-refractivity contribution in [1.82, 2.24) is 15.0 Å². The number of pyridine rings is 1. The maximum atomic E-state index is 13.0. The molecule has 0 radical (unpaired) electrons. The zero-order valence-electron chi connectivity index (χ0n) is 21.3. The second-order valence-corrected chi connectivity index (χ2v) is 14.3. The molecule has 4 heterocycles. The Hall–Kier alpha value is -2.91. The summed E-state index contributed by atoms with van der Waals surface area (Å²) in [5.41, 5.74) is 7.22. The standard InChI is InChI=1S/C22H26N5O12P3/c23-22-25-18-17(20(31)26-22)40(9-12-6-7-13(24-19(12)30)11-4-2-1-3-5-11)10-27(18)21-16(29)15(28)14(38-21)8-37-42(35,36)39-41(32,33)34/h1-7,10,14-16,21,28-29,40H,8-9H2,(H,24,30)(H,35,36)(H2,32,33,34)(H3,23,25,26,31)/t14-,15-,16-,21-/m1/s1. The number of rotatable bonds is 9. The number of aromatic hydroxyl groups is 1. The smallest absolute Gasteiger partial charge is 0.481 e. The zero-order valence-corrected chi connectivity index (χ0v) is 24.1. The van der Waals surface area contributed by atoms with Crippen LogP contribution < -0.4 is 21.5 Å². The minimum atomic E-state index is -5.38. The van der Waals surface area contributed by atoms with Crippen molar-refractivity contribution in [1.29, 1.82) is 0 Å². The third-order valence-corrected chi connectivity index (χ3v) is 11.0. The van der Waals surface area contributed by atoms with E-state index < -0.39 is 60.2 Å². The van der Waals surface area contributed by atoms with Crippen molar-refractivity contribution in [2.24, 2.45) is 0 Å². The summed E-state index contributed by atoms with van der Waals surface area (Å²) in [6.45, 7) is -0.901. The average Bonchev–Trinajstić information content (AvgIpc) is 3.39. The molecule has 20 heteroatoms. The highest BCUT2D eigenvalue weighted by atomic mass is 31.3. The average molecular weight is 645 g/mol. The third-order valence-electron chi connectivity index (χ3n) is 6.43. The lowest BCUT2D eigenvalue weighted by Crippen LogP contribution is -2.43. The van der Waals surface area contributed by atoms with Crippen LogP contribution in [0.5, 0.6) is 5.88 Å². The van der Waals surface area contributed by atoms with Gasteiger partial charge in [-0.25, -0.2) is 9.13 Å². The fraction of sp³-hybridized carbons (Fsp3) is 0.273. The molecule has 1 aromatic carbocycles. The van der Waals surface area contributed by atoms with Gasteiger partial charge in [-0.1, -0.05) is 43.9 Å². The van der Waals surface area contributed by atoms with Crippen molar-refractivity contribution in [2.45, 2.75) is 30.7 Å². The molecule has 0 spiro atoms. The first-order valence-corrected chi connectivity index (χ1v) is 16.9. The van der Waals surface area contributed by atoms with E-state index in [0.29, 0.717) is 11.3 Å². The first-order valence-electron chi connectivity index (χ1n) is 12.1. The van der Waals surface area contributed by atoms with E-state index in [2.05, 4.69) is 23.8 Å². The Bertz CT molecular complexity index is 1680. The maximum absolute atomic E-state index is 13.0. The maximum Gasteiger partial charge on any atom is 0.481 e. The highest BCUT2D eigenvalue weighted by Gasteiger charge is 2.48. The number of aliphatic hydroxyl groups is 2. The summed E-state index contributed by atoms with van der Waals surface area (Å²) < 4.78 is 36.6. The van der Waals surface area contributed by atoms with Crippen LogP contribution >= 0.6 is 23.2 Å². The lowest BCUT2D eigenvalue weighted by Gasteiger charge is -2.26. The Morgan fingerprint density at radius 1 is 1.07 bits per heavy atom. The first-order chi connectivity index (χ1) is 19.7. The van der Waals surface area contributed by atoms with E-state index in [9.17, 15) is 34.1 Å². The largest absolute Gasteiger partial charge is 0.493 e. The van der Waals surface area contributed by atoms with Crippen molar-refractivity contribution in [3.05, 3.63) is 58.4 Å². The Morgan fingerprint density at radius 2 is 1.79 bits per heavy atom. The number of ether oxygens (including phenoxy) is 1. The van der Waals surface area contributed by atoms with Crippen LogP contribution in [0, 0.1) is 0 Å². The van der Waals surface area contributed by atoms with Gasteiger partial charge in [-0.3, -0.25) is 9.32 Å². The van der Waals surface area contributed by atoms with E-state index in [-0.39, 0.29) is 28.8 Å². The number of aliphatic hydroxyl groups excluding tert-OH is 2. The van der Waals surface area contributed by atoms with Gasteiger partial charge in [-0.15, -0.1) is 0 Å². The van der Waals surface area contributed by atoms with E-state index in [0.717, 1.165) is 5.56 Å². The number of nitrogens with one attached hydrogen (secondary N) is 1. The molecule has 2 aliphatic rings. The van der Waals surface area contributed by atoms with Crippen LogP contribution in [-0.2, 0) is 28.9 Å². The number of nitrogen functional groups attached to an aromatic ring is 1. The molecule has 9 N–H and O–H groups in total.